The van der Waals surface area contributed by atoms with Crippen molar-refractivity contribution in [1.82, 2.24) is 0 Å². The van der Waals surface area contributed by atoms with Crippen LogP contribution >= 0.6 is 11.6 Å². The number of alkyl halides is 3. The number of carbonyl (C=O) groups excluding carboxylic acids is 1. The van der Waals surface area contributed by atoms with Gasteiger partial charge in [-0.1, -0.05) is 38.4 Å². The topological polar surface area (TPSA) is 32.3 Å². The van der Waals surface area contributed by atoms with Crippen LogP contribution in [0.2, 0.25) is 5.02 Å². The fourth-order valence-corrected chi connectivity index (χ4v) is 3.80. The monoisotopic (exact) mass is 442 g/mol. The molecule has 30 heavy (non-hydrogen) atoms. The van der Waals surface area contributed by atoms with Crippen LogP contribution in [-0.4, -0.2) is 12.5 Å². The largest absolute Gasteiger partial charge is 0.418 e. The molecule has 0 fully saturated rings. The molecule has 0 aliphatic carbocycles. The molecule has 0 aromatic heterocycles. The number of nitrogens with one attached hydrogen (secondary N) is 1. The van der Waals surface area contributed by atoms with Gasteiger partial charge in [0.1, 0.15) is 5.82 Å². The summed E-state index contributed by atoms with van der Waals surface area (Å²) in [6, 6.07) is 6.87. The van der Waals surface area contributed by atoms with Gasteiger partial charge in [0.25, 0.3) is 0 Å². The highest BCUT2D eigenvalue weighted by Gasteiger charge is 2.36. The van der Waals surface area contributed by atoms with E-state index >= 15 is 0 Å². The number of benzene rings is 2. The molecule has 162 valence electrons. The van der Waals surface area contributed by atoms with Crippen LogP contribution in [0.5, 0.6) is 0 Å². The lowest BCUT2D eigenvalue weighted by Gasteiger charge is -2.32. The second kappa shape index (κ2) is 8.10. The SMILES string of the molecule is CC(C)(C)CC(=O)Nc1c(Cl)cc(N2CCc3ccc(F)cc3C2)cc1C(F)(F)F. The zero-order valence-electron chi connectivity index (χ0n) is 17.0. The third-order valence-corrected chi connectivity index (χ3v) is 5.18. The van der Waals surface area contributed by atoms with E-state index in [-0.39, 0.29) is 34.9 Å². The molecule has 1 amide bonds. The lowest BCUT2D eigenvalue weighted by atomic mass is 9.92. The lowest BCUT2D eigenvalue weighted by molar-refractivity contribution is -0.136. The van der Waals surface area contributed by atoms with Crippen LogP contribution in [-0.2, 0) is 23.9 Å². The molecule has 0 atom stereocenters. The predicted octanol–water partition coefficient (Wildman–Crippen LogP) is 6.44. The number of rotatable bonds is 3. The van der Waals surface area contributed by atoms with Gasteiger partial charge >= 0.3 is 6.18 Å². The molecule has 1 N–H and O–H groups in total. The smallest absolute Gasteiger partial charge is 0.367 e. The number of hydrogen-bond donors (Lipinski definition) is 1. The van der Waals surface area contributed by atoms with Crippen molar-refractivity contribution in [1.29, 1.82) is 0 Å². The van der Waals surface area contributed by atoms with Crippen LogP contribution < -0.4 is 10.2 Å². The lowest BCUT2D eigenvalue weighted by Crippen LogP contribution is -2.31. The van der Waals surface area contributed by atoms with Crippen LogP contribution in [0.1, 0.15) is 43.9 Å². The Morgan fingerprint density at radius 3 is 2.47 bits per heavy atom. The third kappa shape index (κ3) is 5.25. The molecular weight excluding hydrogens is 420 g/mol. The van der Waals surface area contributed by atoms with Crippen molar-refractivity contribution in [2.24, 2.45) is 5.41 Å². The Bertz CT molecular complexity index is 967. The number of carbonyl (C=O) groups is 1. The first-order chi connectivity index (χ1) is 13.8. The highest BCUT2D eigenvalue weighted by molar-refractivity contribution is 6.34. The average Bonchev–Trinajstić information content (AvgIpc) is 2.60. The summed E-state index contributed by atoms with van der Waals surface area (Å²) in [6.45, 7) is 6.20. The number of anilines is 2. The summed E-state index contributed by atoms with van der Waals surface area (Å²) in [6.07, 6.45) is -4.07. The van der Waals surface area contributed by atoms with Gasteiger partial charge in [-0.25, -0.2) is 4.39 Å². The van der Waals surface area contributed by atoms with Crippen molar-refractivity contribution < 1.29 is 22.4 Å². The fourth-order valence-electron chi connectivity index (χ4n) is 3.54. The van der Waals surface area contributed by atoms with E-state index in [1.807, 2.05) is 20.8 Å². The zero-order chi connectivity index (χ0) is 22.3. The molecule has 0 radical (unpaired) electrons. The van der Waals surface area contributed by atoms with E-state index in [0.717, 1.165) is 17.2 Å². The Morgan fingerprint density at radius 2 is 1.83 bits per heavy atom. The van der Waals surface area contributed by atoms with Gasteiger partial charge in [0.05, 0.1) is 16.3 Å². The highest BCUT2D eigenvalue weighted by atomic mass is 35.5. The number of hydrogen-bond acceptors (Lipinski definition) is 2. The van der Waals surface area contributed by atoms with Crippen molar-refractivity contribution in [3.8, 4) is 0 Å². The summed E-state index contributed by atoms with van der Waals surface area (Å²) >= 11 is 6.20. The van der Waals surface area contributed by atoms with Crippen molar-refractivity contribution in [3.63, 3.8) is 0 Å². The second-order valence-electron chi connectivity index (χ2n) is 8.72. The quantitative estimate of drug-likeness (QED) is 0.555. The Balaban J connectivity index is 1.94. The Kier molecular flexibility index (Phi) is 6.05. The van der Waals surface area contributed by atoms with E-state index in [2.05, 4.69) is 5.32 Å². The molecule has 3 rings (SSSR count). The molecule has 0 saturated heterocycles. The van der Waals surface area contributed by atoms with Gasteiger partial charge in [-0.15, -0.1) is 0 Å². The van der Waals surface area contributed by atoms with Crippen LogP contribution in [0, 0.1) is 11.2 Å². The van der Waals surface area contributed by atoms with E-state index in [1.165, 1.54) is 18.2 Å². The molecule has 2 aromatic carbocycles. The van der Waals surface area contributed by atoms with Gasteiger partial charge in [0.15, 0.2) is 0 Å². The normalized spacial score (nSPS) is 14.5. The Morgan fingerprint density at radius 1 is 1.13 bits per heavy atom. The summed E-state index contributed by atoms with van der Waals surface area (Å²) in [4.78, 5) is 14.0. The van der Waals surface area contributed by atoms with Crippen LogP contribution in [0.15, 0.2) is 30.3 Å². The summed E-state index contributed by atoms with van der Waals surface area (Å²) in [5.74, 6) is -0.924. The summed E-state index contributed by atoms with van der Waals surface area (Å²) < 4.78 is 54.9. The molecule has 8 heteroatoms. The van der Waals surface area contributed by atoms with Crippen LogP contribution in [0.25, 0.3) is 0 Å². The maximum atomic E-state index is 13.8. The molecule has 2 aromatic rings. The molecule has 0 bridgehead atoms. The molecule has 0 saturated carbocycles. The van der Waals surface area contributed by atoms with Gasteiger partial charge in [-0.2, -0.15) is 13.2 Å². The predicted molar refractivity (Wildman–Crippen MR) is 110 cm³/mol. The third-order valence-electron chi connectivity index (χ3n) is 4.88. The number of fused-ring (bicyclic) bond motifs is 1. The molecule has 1 aliphatic rings. The first kappa shape index (κ1) is 22.4. The van der Waals surface area contributed by atoms with Gasteiger partial charge < -0.3 is 10.2 Å². The number of nitrogens with zero attached hydrogens (tertiary/aromatic N) is 1. The second-order valence-corrected chi connectivity index (χ2v) is 9.13. The zero-order valence-corrected chi connectivity index (χ0v) is 17.7. The number of amides is 1. The first-order valence-electron chi connectivity index (χ1n) is 9.56. The minimum atomic E-state index is -4.70. The standard InChI is InChI=1S/C22H23ClF4N2O/c1-21(2,3)11-19(30)28-20-17(22(25,26)27)9-16(10-18(20)23)29-7-6-13-4-5-15(24)8-14(13)12-29/h4-5,8-10H,6-7,11-12H2,1-3H3,(H,28,30). The summed E-state index contributed by atoms with van der Waals surface area (Å²) in [7, 11) is 0. The maximum Gasteiger partial charge on any atom is 0.418 e. The van der Waals surface area contributed by atoms with Gasteiger partial charge in [-0.05, 0) is 47.2 Å². The summed E-state index contributed by atoms with van der Waals surface area (Å²) in [5.41, 5.74) is 0.152. The molecule has 1 aliphatic heterocycles. The minimum Gasteiger partial charge on any atom is -0.367 e. The van der Waals surface area contributed by atoms with Crippen molar-refractivity contribution >= 4 is 28.9 Å². The Hall–Kier alpha value is -2.28. The Labute approximate surface area is 178 Å². The van der Waals surface area contributed by atoms with Crippen LogP contribution in [0.4, 0.5) is 28.9 Å². The van der Waals surface area contributed by atoms with Gasteiger partial charge in [-0.3, -0.25) is 4.79 Å². The molecule has 0 spiro atoms. The van der Waals surface area contributed by atoms with Crippen molar-refractivity contribution in [2.45, 2.75) is 46.3 Å². The van der Waals surface area contributed by atoms with Crippen LogP contribution in [0.3, 0.4) is 0 Å². The first-order valence-corrected chi connectivity index (χ1v) is 9.94. The maximum absolute atomic E-state index is 13.8. The highest BCUT2D eigenvalue weighted by Crippen LogP contribution is 2.42. The van der Waals surface area contributed by atoms with Gasteiger partial charge in [0, 0.05) is 25.2 Å². The van der Waals surface area contributed by atoms with Gasteiger partial charge in [0.2, 0.25) is 5.91 Å². The van der Waals surface area contributed by atoms with Crippen molar-refractivity contribution in [2.75, 3.05) is 16.8 Å². The summed E-state index contributed by atoms with van der Waals surface area (Å²) in [5, 5.41) is 2.15. The fraction of sp³-hybridized carbons (Fsp3) is 0.409. The molecule has 0 unspecified atom stereocenters. The van der Waals surface area contributed by atoms with E-state index in [1.54, 1.807) is 11.0 Å². The molecule has 3 nitrogen and oxygen atoms in total. The molecule has 1 heterocycles. The van der Waals surface area contributed by atoms with E-state index in [0.29, 0.717) is 13.0 Å². The van der Waals surface area contributed by atoms with E-state index < -0.39 is 23.3 Å². The number of halogens is 5. The average molecular weight is 443 g/mol. The van der Waals surface area contributed by atoms with Crippen molar-refractivity contribution in [3.05, 3.63) is 57.9 Å². The van der Waals surface area contributed by atoms with E-state index in [4.69, 9.17) is 11.6 Å². The van der Waals surface area contributed by atoms with E-state index in [9.17, 15) is 22.4 Å². The molecular formula is C22H23ClF4N2O. The minimum absolute atomic E-state index is 0.0524.